The van der Waals surface area contributed by atoms with Gasteiger partial charge in [-0.3, -0.25) is 4.79 Å². The van der Waals surface area contributed by atoms with Crippen LogP contribution >= 0.6 is 0 Å². The van der Waals surface area contributed by atoms with E-state index in [-0.39, 0.29) is 11.8 Å². The second-order valence-electron chi connectivity index (χ2n) is 7.06. The molecule has 0 radical (unpaired) electrons. The molecule has 1 amide bonds. The van der Waals surface area contributed by atoms with Gasteiger partial charge in [-0.2, -0.15) is 4.98 Å². The van der Waals surface area contributed by atoms with Gasteiger partial charge in [0.25, 0.3) is 5.89 Å². The Morgan fingerprint density at radius 2 is 2.00 bits per heavy atom. The number of anilines is 1. The van der Waals surface area contributed by atoms with Gasteiger partial charge in [0.05, 0.1) is 7.11 Å². The minimum Gasteiger partial charge on any atom is -0.497 e. The van der Waals surface area contributed by atoms with Crippen LogP contribution in [0.25, 0.3) is 11.5 Å². The molecule has 1 fully saturated rings. The van der Waals surface area contributed by atoms with Crippen molar-refractivity contribution in [2.24, 2.45) is 0 Å². The van der Waals surface area contributed by atoms with Crippen molar-refractivity contribution in [3.8, 4) is 17.2 Å². The van der Waals surface area contributed by atoms with Gasteiger partial charge in [-0.25, -0.2) is 0 Å². The van der Waals surface area contributed by atoms with E-state index in [1.54, 1.807) is 12.0 Å². The Kier molecular flexibility index (Phi) is 4.86. The molecule has 2 heterocycles. The van der Waals surface area contributed by atoms with Crippen LogP contribution in [0.15, 0.2) is 47.0 Å². The van der Waals surface area contributed by atoms with Gasteiger partial charge in [-0.15, -0.1) is 0 Å². The molecule has 28 heavy (non-hydrogen) atoms. The van der Waals surface area contributed by atoms with Crippen LogP contribution in [0.4, 0.5) is 5.69 Å². The van der Waals surface area contributed by atoms with Crippen LogP contribution < -0.4 is 9.64 Å². The summed E-state index contributed by atoms with van der Waals surface area (Å²) in [6.07, 6.45) is 1.36. The van der Waals surface area contributed by atoms with E-state index >= 15 is 0 Å². The monoisotopic (exact) mass is 377 g/mol. The van der Waals surface area contributed by atoms with E-state index in [0.29, 0.717) is 24.7 Å². The summed E-state index contributed by atoms with van der Waals surface area (Å²) < 4.78 is 10.7. The predicted molar refractivity (Wildman–Crippen MR) is 107 cm³/mol. The SMILES string of the molecule is CCc1ccc(N2CC(c3noc(-c4ccc(OC)cc4C)n3)CC2=O)cc1. The first-order chi connectivity index (χ1) is 13.6. The zero-order valence-electron chi connectivity index (χ0n) is 16.3. The largest absolute Gasteiger partial charge is 0.497 e. The molecule has 0 aliphatic carbocycles. The molecule has 1 aliphatic heterocycles. The molecule has 144 valence electrons. The molecular weight excluding hydrogens is 354 g/mol. The summed E-state index contributed by atoms with van der Waals surface area (Å²) in [6.45, 7) is 4.65. The van der Waals surface area contributed by atoms with Gasteiger partial charge in [0, 0.05) is 30.1 Å². The highest BCUT2D eigenvalue weighted by molar-refractivity contribution is 5.96. The normalized spacial score (nSPS) is 16.6. The number of aryl methyl sites for hydroxylation is 2. The number of hydrogen-bond acceptors (Lipinski definition) is 5. The third-order valence-electron chi connectivity index (χ3n) is 5.25. The second kappa shape index (κ2) is 7.46. The Balaban J connectivity index is 1.53. The average Bonchev–Trinajstić information content (AvgIpc) is 3.35. The number of benzene rings is 2. The smallest absolute Gasteiger partial charge is 0.258 e. The summed E-state index contributed by atoms with van der Waals surface area (Å²) >= 11 is 0. The summed E-state index contributed by atoms with van der Waals surface area (Å²) in [5.41, 5.74) is 4.04. The van der Waals surface area contributed by atoms with Gasteiger partial charge in [-0.05, 0) is 54.8 Å². The molecule has 3 aromatic rings. The third-order valence-corrected chi connectivity index (χ3v) is 5.25. The maximum atomic E-state index is 12.5. The average molecular weight is 377 g/mol. The van der Waals surface area contributed by atoms with Crippen molar-refractivity contribution in [1.82, 2.24) is 10.1 Å². The summed E-state index contributed by atoms with van der Waals surface area (Å²) in [5.74, 6) is 1.84. The number of carbonyl (C=O) groups excluding carboxylic acids is 1. The minimum atomic E-state index is -0.0746. The Labute approximate surface area is 164 Å². The topological polar surface area (TPSA) is 68.5 Å². The second-order valence-corrected chi connectivity index (χ2v) is 7.06. The molecule has 0 bridgehead atoms. The number of rotatable bonds is 5. The van der Waals surface area contributed by atoms with E-state index in [2.05, 4.69) is 29.2 Å². The summed E-state index contributed by atoms with van der Waals surface area (Å²) in [5, 5.41) is 4.15. The van der Waals surface area contributed by atoms with Gasteiger partial charge in [0.15, 0.2) is 5.82 Å². The van der Waals surface area contributed by atoms with Crippen LogP contribution in [-0.4, -0.2) is 29.7 Å². The molecule has 1 atom stereocenters. The standard InChI is InChI=1S/C22H23N3O3/c1-4-15-5-7-17(8-6-15)25-13-16(12-20(25)26)21-23-22(28-24-21)19-10-9-18(27-3)11-14(19)2/h5-11,16H,4,12-13H2,1-3H3. The molecule has 0 N–H and O–H groups in total. The number of carbonyl (C=O) groups is 1. The maximum absolute atomic E-state index is 12.5. The molecule has 6 heteroatoms. The van der Waals surface area contributed by atoms with E-state index in [4.69, 9.17) is 9.26 Å². The van der Waals surface area contributed by atoms with Gasteiger partial charge < -0.3 is 14.2 Å². The Hall–Kier alpha value is -3.15. The molecule has 1 saturated heterocycles. The van der Waals surface area contributed by atoms with Crippen molar-refractivity contribution in [1.29, 1.82) is 0 Å². The van der Waals surface area contributed by atoms with Crippen LogP contribution in [0.5, 0.6) is 5.75 Å². The van der Waals surface area contributed by atoms with E-state index in [9.17, 15) is 4.79 Å². The maximum Gasteiger partial charge on any atom is 0.258 e. The van der Waals surface area contributed by atoms with Crippen molar-refractivity contribution in [2.45, 2.75) is 32.6 Å². The highest BCUT2D eigenvalue weighted by atomic mass is 16.5. The highest BCUT2D eigenvalue weighted by Gasteiger charge is 2.34. The van der Waals surface area contributed by atoms with E-state index in [1.807, 2.05) is 37.3 Å². The lowest BCUT2D eigenvalue weighted by molar-refractivity contribution is -0.117. The van der Waals surface area contributed by atoms with E-state index in [1.165, 1.54) is 5.56 Å². The fourth-order valence-corrected chi connectivity index (χ4v) is 3.55. The van der Waals surface area contributed by atoms with E-state index in [0.717, 1.165) is 29.0 Å². The first-order valence-corrected chi connectivity index (χ1v) is 9.47. The lowest BCUT2D eigenvalue weighted by Gasteiger charge is -2.16. The van der Waals surface area contributed by atoms with Crippen LogP contribution in [0.1, 0.15) is 36.2 Å². The Bertz CT molecular complexity index is 995. The molecule has 0 saturated carbocycles. The van der Waals surface area contributed by atoms with Crippen molar-refractivity contribution in [3.63, 3.8) is 0 Å². The zero-order valence-corrected chi connectivity index (χ0v) is 16.3. The Morgan fingerprint density at radius 3 is 2.68 bits per heavy atom. The van der Waals surface area contributed by atoms with Gasteiger partial charge in [0.2, 0.25) is 5.91 Å². The quantitative estimate of drug-likeness (QED) is 0.668. The molecule has 1 unspecified atom stereocenters. The molecule has 2 aromatic carbocycles. The molecule has 0 spiro atoms. The molecule has 1 aliphatic rings. The predicted octanol–water partition coefficient (Wildman–Crippen LogP) is 4.14. The minimum absolute atomic E-state index is 0.0746. The molecule has 1 aromatic heterocycles. The number of methoxy groups -OCH3 is 1. The summed E-state index contributed by atoms with van der Waals surface area (Å²) in [6, 6.07) is 13.8. The lowest BCUT2D eigenvalue weighted by Crippen LogP contribution is -2.24. The fraction of sp³-hybridized carbons (Fsp3) is 0.318. The van der Waals surface area contributed by atoms with E-state index < -0.39 is 0 Å². The van der Waals surface area contributed by atoms with Crippen molar-refractivity contribution in [2.75, 3.05) is 18.6 Å². The van der Waals surface area contributed by atoms with Crippen molar-refractivity contribution < 1.29 is 14.1 Å². The zero-order chi connectivity index (χ0) is 19.7. The third kappa shape index (κ3) is 3.38. The number of ether oxygens (including phenoxy) is 1. The van der Waals surface area contributed by atoms with Crippen LogP contribution in [0.3, 0.4) is 0 Å². The number of amides is 1. The number of aromatic nitrogens is 2. The molecular formula is C22H23N3O3. The summed E-state index contributed by atoms with van der Waals surface area (Å²) in [7, 11) is 1.64. The van der Waals surface area contributed by atoms with Crippen molar-refractivity contribution in [3.05, 3.63) is 59.4 Å². The molecule has 4 rings (SSSR count). The van der Waals surface area contributed by atoms with Gasteiger partial charge in [0.1, 0.15) is 5.75 Å². The van der Waals surface area contributed by atoms with Crippen LogP contribution in [0, 0.1) is 6.92 Å². The highest BCUT2D eigenvalue weighted by Crippen LogP contribution is 2.32. The van der Waals surface area contributed by atoms with Crippen molar-refractivity contribution >= 4 is 11.6 Å². The number of nitrogens with zero attached hydrogens (tertiary/aromatic N) is 3. The number of hydrogen-bond donors (Lipinski definition) is 0. The Morgan fingerprint density at radius 1 is 1.21 bits per heavy atom. The van der Waals surface area contributed by atoms with Crippen LogP contribution in [0.2, 0.25) is 0 Å². The first kappa shape index (κ1) is 18.2. The van der Waals surface area contributed by atoms with Gasteiger partial charge in [-0.1, -0.05) is 24.2 Å². The van der Waals surface area contributed by atoms with Gasteiger partial charge >= 0.3 is 0 Å². The van der Waals surface area contributed by atoms with Crippen LogP contribution in [-0.2, 0) is 11.2 Å². The summed E-state index contributed by atoms with van der Waals surface area (Å²) in [4.78, 5) is 18.9. The fourth-order valence-electron chi connectivity index (χ4n) is 3.55. The first-order valence-electron chi connectivity index (χ1n) is 9.47. The lowest BCUT2D eigenvalue weighted by atomic mass is 10.1. The molecule has 6 nitrogen and oxygen atoms in total.